The third kappa shape index (κ3) is 4.07. The number of hydrogen-bond donors (Lipinski definition) is 2. The quantitative estimate of drug-likeness (QED) is 0.854. The molecule has 4 heteroatoms. The number of hydrogen-bond acceptors (Lipinski definition) is 4. The summed E-state index contributed by atoms with van der Waals surface area (Å²) >= 11 is 0. The molecule has 24 heavy (non-hydrogen) atoms. The summed E-state index contributed by atoms with van der Waals surface area (Å²) in [4.78, 5) is 4.24. The summed E-state index contributed by atoms with van der Waals surface area (Å²) in [5, 5.41) is 12.7. The fourth-order valence-corrected chi connectivity index (χ4v) is 2.48. The van der Waals surface area contributed by atoms with Gasteiger partial charge in [0.1, 0.15) is 11.5 Å². The number of rotatable bonds is 5. The van der Waals surface area contributed by atoms with Crippen molar-refractivity contribution in [2.24, 2.45) is 0 Å². The second-order valence-corrected chi connectivity index (χ2v) is 6.95. The fraction of sp³-hybridized carbons (Fsp3) is 0.350. The molecule has 0 aliphatic heterocycles. The van der Waals surface area contributed by atoms with E-state index in [0.29, 0.717) is 0 Å². The Bertz CT molecular complexity index is 715. The van der Waals surface area contributed by atoms with E-state index in [0.717, 1.165) is 22.7 Å². The van der Waals surface area contributed by atoms with Crippen molar-refractivity contribution in [3.8, 4) is 11.5 Å². The van der Waals surface area contributed by atoms with E-state index < -0.39 is 0 Å². The molecule has 0 aliphatic rings. The van der Waals surface area contributed by atoms with E-state index in [1.54, 1.807) is 19.2 Å². The second kappa shape index (κ2) is 6.95. The van der Waals surface area contributed by atoms with Crippen LogP contribution in [0.3, 0.4) is 0 Å². The Morgan fingerprint density at radius 1 is 1.25 bits per heavy atom. The third-order valence-corrected chi connectivity index (χ3v) is 4.00. The van der Waals surface area contributed by atoms with Gasteiger partial charge in [0.05, 0.1) is 25.0 Å². The minimum absolute atomic E-state index is 0.0406. The zero-order valence-electron chi connectivity index (χ0n) is 15.1. The van der Waals surface area contributed by atoms with Crippen LogP contribution in [0.5, 0.6) is 11.5 Å². The van der Waals surface area contributed by atoms with E-state index in [1.165, 1.54) is 11.8 Å². The number of aromatic nitrogens is 1. The largest absolute Gasteiger partial charge is 0.506 e. The molecular weight excluding hydrogens is 300 g/mol. The first-order valence-electron chi connectivity index (χ1n) is 8.01. The average molecular weight is 326 g/mol. The average Bonchev–Trinajstić information content (AvgIpc) is 2.53. The van der Waals surface area contributed by atoms with Gasteiger partial charge in [0.2, 0.25) is 0 Å². The Balaban J connectivity index is 2.26. The van der Waals surface area contributed by atoms with Crippen LogP contribution in [0.15, 0.2) is 43.1 Å². The van der Waals surface area contributed by atoms with Gasteiger partial charge in [-0.2, -0.15) is 0 Å². The van der Waals surface area contributed by atoms with E-state index in [2.05, 4.69) is 49.8 Å². The van der Waals surface area contributed by atoms with Gasteiger partial charge in [0, 0.05) is 11.3 Å². The molecule has 0 radical (unpaired) electrons. The molecule has 2 aromatic rings. The van der Waals surface area contributed by atoms with Gasteiger partial charge in [-0.25, -0.2) is 0 Å². The van der Waals surface area contributed by atoms with E-state index in [1.807, 2.05) is 13.0 Å². The molecule has 1 aromatic carbocycles. The lowest BCUT2D eigenvalue weighted by atomic mass is 9.85. The molecule has 2 rings (SSSR count). The van der Waals surface area contributed by atoms with Crippen molar-refractivity contribution in [3.05, 3.63) is 59.9 Å². The van der Waals surface area contributed by atoms with Crippen molar-refractivity contribution in [1.82, 2.24) is 10.3 Å². The maximum Gasteiger partial charge on any atom is 0.133 e. The summed E-state index contributed by atoms with van der Waals surface area (Å²) in [7, 11) is 1.66. The first-order chi connectivity index (χ1) is 11.2. The molecule has 0 bridgehead atoms. The molecule has 1 heterocycles. The first-order valence-corrected chi connectivity index (χ1v) is 8.01. The molecule has 0 fully saturated rings. The zero-order chi connectivity index (χ0) is 17.9. The third-order valence-electron chi connectivity index (χ3n) is 4.00. The van der Waals surface area contributed by atoms with Crippen molar-refractivity contribution in [1.29, 1.82) is 0 Å². The number of ether oxygens (including phenoxy) is 1. The van der Waals surface area contributed by atoms with Gasteiger partial charge in [0.15, 0.2) is 0 Å². The maximum absolute atomic E-state index is 9.36. The van der Waals surface area contributed by atoms with Crippen molar-refractivity contribution in [3.63, 3.8) is 0 Å². The molecule has 0 saturated heterocycles. The van der Waals surface area contributed by atoms with E-state index in [-0.39, 0.29) is 17.2 Å². The highest BCUT2D eigenvalue weighted by molar-refractivity contribution is 5.68. The molecule has 0 saturated carbocycles. The zero-order valence-corrected chi connectivity index (χ0v) is 15.1. The molecular formula is C20H26N2O2. The number of benzene rings is 1. The Hall–Kier alpha value is -2.49. The Kier molecular flexibility index (Phi) is 5.17. The van der Waals surface area contributed by atoms with E-state index >= 15 is 0 Å². The van der Waals surface area contributed by atoms with Crippen molar-refractivity contribution in [2.45, 2.75) is 39.2 Å². The van der Waals surface area contributed by atoms with Crippen LogP contribution in [0.25, 0.3) is 5.70 Å². The Labute approximate surface area is 144 Å². The number of nitrogens with one attached hydrogen (secondary N) is 1. The van der Waals surface area contributed by atoms with Gasteiger partial charge in [-0.15, -0.1) is 0 Å². The summed E-state index contributed by atoms with van der Waals surface area (Å²) in [5.74, 6) is 0.940. The molecule has 1 atom stereocenters. The van der Waals surface area contributed by atoms with Gasteiger partial charge in [-0.3, -0.25) is 4.98 Å². The Morgan fingerprint density at radius 2 is 1.96 bits per heavy atom. The number of nitrogens with zero attached hydrogens (tertiary/aromatic N) is 1. The molecule has 1 unspecified atom stereocenters. The minimum atomic E-state index is -0.0406. The second-order valence-electron chi connectivity index (χ2n) is 6.95. The smallest absolute Gasteiger partial charge is 0.133 e. The molecule has 2 N–H and O–H groups in total. The van der Waals surface area contributed by atoms with E-state index in [9.17, 15) is 5.11 Å². The van der Waals surface area contributed by atoms with Crippen molar-refractivity contribution >= 4 is 5.70 Å². The highest BCUT2D eigenvalue weighted by atomic mass is 16.5. The van der Waals surface area contributed by atoms with Crippen LogP contribution in [0.1, 0.15) is 50.6 Å². The van der Waals surface area contributed by atoms with Crippen molar-refractivity contribution < 1.29 is 9.84 Å². The maximum atomic E-state index is 9.36. The fourth-order valence-electron chi connectivity index (χ4n) is 2.48. The SMILES string of the molecule is C=C(NC(C)c1ccc(O)cn1)c1cc(C(C)(C)C)ccc1OC. The topological polar surface area (TPSA) is 54.4 Å². The highest BCUT2D eigenvalue weighted by Crippen LogP contribution is 2.31. The number of pyridine rings is 1. The standard InChI is InChI=1S/C20H26N2O2/c1-13(22-14(2)18-9-8-16(23)12-21-18)17-11-15(20(3,4)5)7-10-19(17)24-6/h7-12,14,22-23H,1H2,2-6H3. The van der Waals surface area contributed by atoms with E-state index in [4.69, 9.17) is 4.74 Å². The predicted octanol–water partition coefficient (Wildman–Crippen LogP) is 4.41. The molecule has 1 aromatic heterocycles. The molecule has 0 amide bonds. The van der Waals surface area contributed by atoms with Crippen LogP contribution < -0.4 is 10.1 Å². The Morgan fingerprint density at radius 3 is 2.50 bits per heavy atom. The summed E-state index contributed by atoms with van der Waals surface area (Å²) in [6.45, 7) is 12.7. The molecule has 4 nitrogen and oxygen atoms in total. The minimum Gasteiger partial charge on any atom is -0.506 e. The number of aromatic hydroxyl groups is 1. The monoisotopic (exact) mass is 326 g/mol. The lowest BCUT2D eigenvalue weighted by molar-refractivity contribution is 0.412. The van der Waals surface area contributed by atoms with Crippen LogP contribution in [0.4, 0.5) is 0 Å². The van der Waals surface area contributed by atoms with Gasteiger partial charge in [0.25, 0.3) is 0 Å². The number of methoxy groups -OCH3 is 1. The van der Waals surface area contributed by atoms with Crippen LogP contribution in [0, 0.1) is 0 Å². The van der Waals surface area contributed by atoms with Crippen LogP contribution in [-0.4, -0.2) is 17.2 Å². The van der Waals surface area contributed by atoms with Gasteiger partial charge in [-0.05, 0) is 42.2 Å². The van der Waals surface area contributed by atoms with Gasteiger partial charge in [-0.1, -0.05) is 33.4 Å². The predicted molar refractivity (Wildman–Crippen MR) is 98.2 cm³/mol. The lowest BCUT2D eigenvalue weighted by Gasteiger charge is -2.23. The van der Waals surface area contributed by atoms with Gasteiger partial charge >= 0.3 is 0 Å². The molecule has 0 aliphatic carbocycles. The normalized spacial score (nSPS) is 12.5. The van der Waals surface area contributed by atoms with Crippen LogP contribution in [-0.2, 0) is 5.41 Å². The lowest BCUT2D eigenvalue weighted by Crippen LogP contribution is -2.19. The first kappa shape index (κ1) is 17.9. The highest BCUT2D eigenvalue weighted by Gasteiger charge is 2.18. The molecule has 0 spiro atoms. The summed E-state index contributed by atoms with van der Waals surface area (Å²) in [5.41, 5.74) is 3.82. The summed E-state index contributed by atoms with van der Waals surface area (Å²) < 4.78 is 5.49. The van der Waals surface area contributed by atoms with Crippen LogP contribution >= 0.6 is 0 Å². The van der Waals surface area contributed by atoms with Gasteiger partial charge < -0.3 is 15.2 Å². The van der Waals surface area contributed by atoms with Crippen LogP contribution in [0.2, 0.25) is 0 Å². The summed E-state index contributed by atoms with van der Waals surface area (Å²) in [6.07, 6.45) is 1.44. The summed E-state index contributed by atoms with van der Waals surface area (Å²) in [6, 6.07) is 9.56. The molecule has 128 valence electrons. The van der Waals surface area contributed by atoms with Crippen molar-refractivity contribution in [2.75, 3.05) is 7.11 Å².